The first-order valence-electron chi connectivity index (χ1n) is 6.31. The van der Waals surface area contributed by atoms with E-state index in [1.54, 1.807) is 0 Å². The van der Waals surface area contributed by atoms with Crippen LogP contribution in [0.5, 0.6) is 0 Å². The Bertz CT molecular complexity index is 369. The van der Waals surface area contributed by atoms with Crippen molar-refractivity contribution in [3.8, 4) is 0 Å². The highest BCUT2D eigenvalue weighted by Gasteiger charge is 2.23. The normalized spacial score (nSPS) is 22.9. The van der Waals surface area contributed by atoms with Crippen LogP contribution in [0, 0.1) is 5.92 Å². The van der Waals surface area contributed by atoms with E-state index in [-0.39, 0.29) is 5.92 Å². The van der Waals surface area contributed by atoms with Crippen molar-refractivity contribution in [2.75, 3.05) is 19.6 Å². The second-order valence-electron chi connectivity index (χ2n) is 4.86. The molecule has 18 heavy (non-hydrogen) atoms. The summed E-state index contributed by atoms with van der Waals surface area (Å²) in [7, 11) is 0. The van der Waals surface area contributed by atoms with Crippen LogP contribution in [0.3, 0.4) is 0 Å². The molecule has 2 aliphatic rings. The third-order valence-electron chi connectivity index (χ3n) is 3.51. The molecule has 0 aromatic rings. The van der Waals surface area contributed by atoms with Crippen molar-refractivity contribution in [3.63, 3.8) is 0 Å². The van der Waals surface area contributed by atoms with Crippen molar-refractivity contribution in [1.82, 2.24) is 4.90 Å². The van der Waals surface area contributed by atoms with E-state index < -0.39 is 6.29 Å². The zero-order valence-electron chi connectivity index (χ0n) is 10.3. The van der Waals surface area contributed by atoms with Gasteiger partial charge in [-0.25, -0.2) is 0 Å². The van der Waals surface area contributed by atoms with Gasteiger partial charge in [0.1, 0.15) is 3.70 Å². The Kier molecular flexibility index (Phi) is 5.35. The molecule has 5 heteroatoms. The second kappa shape index (κ2) is 6.79. The third-order valence-corrected chi connectivity index (χ3v) is 4.14. The predicted octanol–water partition coefficient (Wildman–Crippen LogP) is 1.69. The summed E-state index contributed by atoms with van der Waals surface area (Å²) in [6, 6.07) is 0. The lowest BCUT2D eigenvalue weighted by molar-refractivity contribution is -0.0976. The number of piperidine rings is 1. The summed E-state index contributed by atoms with van der Waals surface area (Å²) in [6.07, 6.45) is 7.65. The van der Waals surface area contributed by atoms with Crippen LogP contribution in [-0.4, -0.2) is 47.3 Å². The Morgan fingerprint density at radius 3 is 2.72 bits per heavy atom. The smallest absolute Gasteiger partial charge is 0.154 e. The van der Waals surface area contributed by atoms with Crippen molar-refractivity contribution in [3.05, 3.63) is 21.4 Å². The monoisotopic (exact) mass is 362 g/mol. The second-order valence-corrected chi connectivity index (χ2v) is 5.96. The zero-order valence-corrected chi connectivity index (χ0v) is 12.5. The quantitative estimate of drug-likeness (QED) is 0.457. The molecular weight excluding hydrogens is 343 g/mol. The first kappa shape index (κ1) is 14.2. The first-order chi connectivity index (χ1) is 8.65. The van der Waals surface area contributed by atoms with Crippen molar-refractivity contribution in [2.45, 2.75) is 25.6 Å². The van der Waals surface area contributed by atoms with Gasteiger partial charge in [0.2, 0.25) is 0 Å². The molecule has 0 aromatic heterocycles. The number of allylic oxidation sites excluding steroid dienone is 2. The SMILES string of the molecule is OC(O)C1CCN(CC2=CC=C(I)N=CC2)CC1. The van der Waals surface area contributed by atoms with Crippen molar-refractivity contribution >= 4 is 28.8 Å². The molecule has 0 amide bonds. The summed E-state index contributed by atoms with van der Waals surface area (Å²) in [5, 5.41) is 18.3. The Morgan fingerprint density at radius 2 is 2.06 bits per heavy atom. The fourth-order valence-corrected chi connectivity index (χ4v) is 2.74. The average Bonchev–Trinajstić information content (AvgIpc) is 2.55. The number of hydrogen-bond acceptors (Lipinski definition) is 4. The molecule has 0 bridgehead atoms. The standard InChI is InChI=1S/C13H19IN2O2/c14-12-2-1-10(3-6-15-12)9-16-7-4-11(5-8-16)13(17)18/h1-2,6,11,13,17-18H,3-5,7-9H2. The fourth-order valence-electron chi connectivity index (χ4n) is 2.36. The van der Waals surface area contributed by atoms with Gasteiger partial charge in [-0.1, -0.05) is 11.6 Å². The molecule has 2 heterocycles. The van der Waals surface area contributed by atoms with Crippen LogP contribution in [0.15, 0.2) is 26.4 Å². The molecule has 0 radical (unpaired) electrons. The highest BCUT2D eigenvalue weighted by Crippen LogP contribution is 2.21. The Balaban J connectivity index is 1.83. The minimum absolute atomic E-state index is 0.0479. The van der Waals surface area contributed by atoms with Crippen LogP contribution < -0.4 is 0 Å². The maximum atomic E-state index is 9.15. The van der Waals surface area contributed by atoms with E-state index in [0.29, 0.717) is 0 Å². The molecule has 1 fully saturated rings. The average molecular weight is 362 g/mol. The van der Waals surface area contributed by atoms with Gasteiger partial charge in [-0.05, 0) is 54.6 Å². The summed E-state index contributed by atoms with van der Waals surface area (Å²) < 4.78 is 1.02. The lowest BCUT2D eigenvalue weighted by Gasteiger charge is -2.33. The van der Waals surface area contributed by atoms with E-state index >= 15 is 0 Å². The van der Waals surface area contributed by atoms with E-state index in [4.69, 9.17) is 10.2 Å². The number of aliphatic imine (C=N–C) groups is 1. The molecule has 2 aliphatic heterocycles. The minimum atomic E-state index is -1.15. The molecule has 0 spiro atoms. The lowest BCUT2D eigenvalue weighted by Crippen LogP contribution is -2.38. The molecule has 0 saturated carbocycles. The van der Waals surface area contributed by atoms with Gasteiger partial charge in [-0.2, -0.15) is 0 Å². The van der Waals surface area contributed by atoms with Gasteiger partial charge in [0.25, 0.3) is 0 Å². The van der Waals surface area contributed by atoms with Crippen LogP contribution in [-0.2, 0) is 0 Å². The highest BCUT2D eigenvalue weighted by atomic mass is 127. The van der Waals surface area contributed by atoms with Crippen LogP contribution >= 0.6 is 22.6 Å². The molecule has 2 N–H and O–H groups in total. The molecule has 0 unspecified atom stereocenters. The molecule has 0 aliphatic carbocycles. The van der Waals surface area contributed by atoms with Gasteiger partial charge in [0, 0.05) is 25.1 Å². The van der Waals surface area contributed by atoms with Crippen molar-refractivity contribution in [1.29, 1.82) is 0 Å². The number of aliphatic hydroxyl groups excluding tert-OH is 1. The molecular formula is C13H19IN2O2. The number of likely N-dealkylation sites (tertiary alicyclic amines) is 1. The molecule has 0 atom stereocenters. The predicted molar refractivity (Wildman–Crippen MR) is 80.7 cm³/mol. The lowest BCUT2D eigenvalue weighted by atomic mass is 9.96. The number of rotatable bonds is 3. The number of aliphatic hydroxyl groups is 2. The van der Waals surface area contributed by atoms with Crippen LogP contribution in [0.1, 0.15) is 19.3 Å². The van der Waals surface area contributed by atoms with Crippen molar-refractivity contribution < 1.29 is 10.2 Å². The number of hydrogen-bond donors (Lipinski definition) is 2. The molecule has 1 saturated heterocycles. The van der Waals surface area contributed by atoms with Crippen LogP contribution in [0.2, 0.25) is 0 Å². The first-order valence-corrected chi connectivity index (χ1v) is 7.39. The zero-order chi connectivity index (χ0) is 13.0. The topological polar surface area (TPSA) is 56.1 Å². The van der Waals surface area contributed by atoms with Gasteiger partial charge in [0.15, 0.2) is 6.29 Å². The Labute approximate surface area is 121 Å². The fraction of sp³-hybridized carbons (Fsp3) is 0.615. The van der Waals surface area contributed by atoms with E-state index in [1.807, 2.05) is 12.3 Å². The molecule has 2 rings (SSSR count). The Hall–Kier alpha value is -0.240. The van der Waals surface area contributed by atoms with E-state index in [0.717, 1.165) is 42.6 Å². The van der Waals surface area contributed by atoms with Gasteiger partial charge < -0.3 is 10.2 Å². The summed E-state index contributed by atoms with van der Waals surface area (Å²) in [4.78, 5) is 6.67. The van der Waals surface area contributed by atoms with E-state index in [2.05, 4.69) is 38.6 Å². The Morgan fingerprint density at radius 1 is 1.33 bits per heavy atom. The maximum Gasteiger partial charge on any atom is 0.154 e. The van der Waals surface area contributed by atoms with Gasteiger partial charge >= 0.3 is 0 Å². The summed E-state index contributed by atoms with van der Waals surface area (Å²) >= 11 is 2.22. The molecule has 0 aromatic carbocycles. The summed E-state index contributed by atoms with van der Waals surface area (Å²) in [5.74, 6) is 0.0479. The highest BCUT2D eigenvalue weighted by molar-refractivity contribution is 14.1. The van der Waals surface area contributed by atoms with Crippen molar-refractivity contribution in [2.24, 2.45) is 10.9 Å². The molecule has 4 nitrogen and oxygen atoms in total. The van der Waals surface area contributed by atoms with Gasteiger partial charge in [0.05, 0.1) is 0 Å². The maximum absolute atomic E-state index is 9.15. The summed E-state index contributed by atoms with van der Waals surface area (Å²) in [6.45, 7) is 2.84. The largest absolute Gasteiger partial charge is 0.368 e. The van der Waals surface area contributed by atoms with Crippen LogP contribution in [0.4, 0.5) is 0 Å². The minimum Gasteiger partial charge on any atom is -0.368 e. The van der Waals surface area contributed by atoms with E-state index in [9.17, 15) is 0 Å². The van der Waals surface area contributed by atoms with Crippen LogP contribution in [0.25, 0.3) is 0 Å². The number of nitrogens with zero attached hydrogens (tertiary/aromatic N) is 2. The van der Waals surface area contributed by atoms with Gasteiger partial charge in [-0.3, -0.25) is 9.89 Å². The third kappa shape index (κ3) is 4.15. The van der Waals surface area contributed by atoms with E-state index in [1.165, 1.54) is 5.57 Å². The number of halogens is 1. The van der Waals surface area contributed by atoms with Gasteiger partial charge in [-0.15, -0.1) is 0 Å². The summed E-state index contributed by atoms with van der Waals surface area (Å²) in [5.41, 5.74) is 1.37. The molecule has 100 valence electrons.